The summed E-state index contributed by atoms with van der Waals surface area (Å²) in [5.74, 6) is 0.945. The van der Waals surface area contributed by atoms with E-state index in [1.54, 1.807) is 0 Å². The van der Waals surface area contributed by atoms with Crippen LogP contribution < -0.4 is 0 Å². The molecule has 0 spiro atoms. The average Bonchev–Trinajstić information content (AvgIpc) is 1.99. The quantitative estimate of drug-likeness (QED) is 0.679. The Hall–Kier alpha value is 0.530. The van der Waals surface area contributed by atoms with Crippen LogP contribution in [-0.4, -0.2) is 32.2 Å². The van der Waals surface area contributed by atoms with Crippen LogP contribution in [0.25, 0.3) is 0 Å². The fraction of sp³-hybridized carbons (Fsp3) is 1.00. The lowest BCUT2D eigenvalue weighted by Crippen LogP contribution is -2.24. The zero-order valence-corrected chi connectivity index (χ0v) is 9.64. The zero-order chi connectivity index (χ0) is 9.83. The summed E-state index contributed by atoms with van der Waals surface area (Å²) >= 11 is 11.3. The van der Waals surface area contributed by atoms with Gasteiger partial charge in [-0.2, -0.15) is 0 Å². The molecule has 2 nitrogen and oxygen atoms in total. The van der Waals surface area contributed by atoms with Gasteiger partial charge in [0.15, 0.2) is 0 Å². The first-order chi connectivity index (χ1) is 5.33. The molecule has 0 radical (unpaired) electrons. The summed E-state index contributed by atoms with van der Waals surface area (Å²) in [6.07, 6.45) is 1.74. The van der Waals surface area contributed by atoms with Crippen molar-refractivity contribution in [3.8, 4) is 0 Å². The van der Waals surface area contributed by atoms with E-state index in [9.17, 15) is 8.42 Å². The minimum atomic E-state index is -2.89. The molecule has 5 heteroatoms. The van der Waals surface area contributed by atoms with Gasteiger partial charge in [0.1, 0.15) is 9.84 Å². The lowest BCUT2D eigenvalue weighted by atomic mass is 9.93. The monoisotopic (exact) mass is 232 g/mol. The largest absolute Gasteiger partial charge is 0.229 e. The minimum absolute atomic E-state index is 0.156. The van der Waals surface area contributed by atoms with E-state index in [1.807, 2.05) is 6.92 Å². The Kier molecular flexibility index (Phi) is 4.89. The van der Waals surface area contributed by atoms with Crippen LogP contribution in [0.1, 0.15) is 13.3 Å². The molecule has 0 unspecified atom stereocenters. The predicted molar refractivity (Wildman–Crippen MR) is 53.9 cm³/mol. The van der Waals surface area contributed by atoms with Crippen molar-refractivity contribution in [2.45, 2.75) is 13.3 Å². The van der Waals surface area contributed by atoms with Gasteiger partial charge in [-0.15, -0.1) is 23.2 Å². The highest BCUT2D eigenvalue weighted by molar-refractivity contribution is 7.90. The highest BCUT2D eigenvalue weighted by Gasteiger charge is 2.23. The standard InChI is InChI=1S/C7H14Cl2O2S/c1-7(5-8,6-9)3-4-12(2,10)11/h3-6H2,1-2H3. The third-order valence-corrected chi connectivity index (χ3v) is 3.96. The van der Waals surface area contributed by atoms with E-state index < -0.39 is 9.84 Å². The van der Waals surface area contributed by atoms with Gasteiger partial charge in [-0.05, 0) is 11.8 Å². The fourth-order valence-electron chi connectivity index (χ4n) is 0.601. The molecule has 0 aromatic carbocycles. The van der Waals surface area contributed by atoms with Crippen molar-refractivity contribution in [1.82, 2.24) is 0 Å². The Morgan fingerprint density at radius 1 is 1.25 bits per heavy atom. The number of hydrogen-bond acceptors (Lipinski definition) is 2. The zero-order valence-electron chi connectivity index (χ0n) is 7.31. The Balaban J connectivity index is 4.07. The maximum absolute atomic E-state index is 10.8. The molecule has 0 heterocycles. The van der Waals surface area contributed by atoms with E-state index in [0.717, 1.165) is 0 Å². The molecule has 0 aromatic heterocycles. The third-order valence-electron chi connectivity index (χ3n) is 1.72. The van der Waals surface area contributed by atoms with Crippen molar-refractivity contribution in [3.05, 3.63) is 0 Å². The maximum Gasteiger partial charge on any atom is 0.147 e. The normalized spacial score (nSPS) is 13.3. The van der Waals surface area contributed by atoms with Gasteiger partial charge in [-0.3, -0.25) is 0 Å². The van der Waals surface area contributed by atoms with Crippen molar-refractivity contribution in [2.24, 2.45) is 5.41 Å². The third kappa shape index (κ3) is 5.22. The number of alkyl halides is 2. The summed E-state index contributed by atoms with van der Waals surface area (Å²) < 4.78 is 21.6. The van der Waals surface area contributed by atoms with Crippen LogP contribution in [0.3, 0.4) is 0 Å². The summed E-state index contributed by atoms with van der Waals surface area (Å²) in [6.45, 7) is 1.89. The Bertz CT molecular complexity index is 220. The number of halogens is 2. The lowest BCUT2D eigenvalue weighted by Gasteiger charge is -2.23. The van der Waals surface area contributed by atoms with Crippen LogP contribution in [0.5, 0.6) is 0 Å². The molecule has 0 bridgehead atoms. The van der Waals surface area contributed by atoms with E-state index >= 15 is 0 Å². The van der Waals surface area contributed by atoms with Gasteiger partial charge in [0.2, 0.25) is 0 Å². The second-order valence-electron chi connectivity index (χ2n) is 3.46. The molecule has 0 aliphatic carbocycles. The van der Waals surface area contributed by atoms with Gasteiger partial charge in [0, 0.05) is 18.0 Å². The van der Waals surface area contributed by atoms with E-state index in [-0.39, 0.29) is 11.2 Å². The topological polar surface area (TPSA) is 34.1 Å². The van der Waals surface area contributed by atoms with Crippen LogP contribution in [-0.2, 0) is 9.84 Å². The molecular weight excluding hydrogens is 219 g/mol. The molecule has 0 N–H and O–H groups in total. The van der Waals surface area contributed by atoms with Crippen molar-refractivity contribution in [2.75, 3.05) is 23.8 Å². The van der Waals surface area contributed by atoms with E-state index in [4.69, 9.17) is 23.2 Å². The van der Waals surface area contributed by atoms with E-state index in [0.29, 0.717) is 18.2 Å². The molecule has 0 fully saturated rings. The van der Waals surface area contributed by atoms with Crippen LogP contribution in [0.15, 0.2) is 0 Å². The van der Waals surface area contributed by atoms with Crippen molar-refractivity contribution in [3.63, 3.8) is 0 Å². The molecule has 0 aromatic rings. The highest BCUT2D eigenvalue weighted by atomic mass is 35.5. The summed E-state index contributed by atoms with van der Waals surface area (Å²) in [5.41, 5.74) is -0.258. The van der Waals surface area contributed by atoms with E-state index in [1.165, 1.54) is 6.26 Å². The van der Waals surface area contributed by atoms with Gasteiger partial charge in [0.05, 0.1) is 5.75 Å². The average molecular weight is 233 g/mol. The second-order valence-corrected chi connectivity index (χ2v) is 6.25. The summed E-state index contributed by atoms with van der Waals surface area (Å²) in [4.78, 5) is 0. The molecule has 0 aliphatic heterocycles. The van der Waals surface area contributed by atoms with Gasteiger partial charge in [-0.25, -0.2) is 8.42 Å². The minimum Gasteiger partial charge on any atom is -0.229 e. The predicted octanol–water partition coefficient (Wildman–Crippen LogP) is 1.90. The summed E-state index contributed by atoms with van der Waals surface area (Å²) in [7, 11) is -2.89. The SMILES string of the molecule is CC(CCl)(CCl)CCS(C)(=O)=O. The van der Waals surface area contributed by atoms with Gasteiger partial charge >= 0.3 is 0 Å². The number of rotatable bonds is 5. The van der Waals surface area contributed by atoms with E-state index in [2.05, 4.69) is 0 Å². The second kappa shape index (κ2) is 4.68. The molecule has 0 saturated heterocycles. The van der Waals surface area contributed by atoms with Gasteiger partial charge in [-0.1, -0.05) is 6.92 Å². The first-order valence-corrected chi connectivity index (χ1v) is 6.75. The lowest BCUT2D eigenvalue weighted by molar-refractivity contribution is 0.411. The molecule has 74 valence electrons. The molecule has 0 saturated carbocycles. The molecule has 0 amide bonds. The summed E-state index contributed by atoms with van der Waals surface area (Å²) in [5, 5.41) is 0. The van der Waals surface area contributed by atoms with Crippen LogP contribution in [0.2, 0.25) is 0 Å². The molecule has 12 heavy (non-hydrogen) atoms. The van der Waals surface area contributed by atoms with Crippen LogP contribution in [0.4, 0.5) is 0 Å². The highest BCUT2D eigenvalue weighted by Crippen LogP contribution is 2.25. The molecule has 0 aliphatic rings. The van der Waals surface area contributed by atoms with Gasteiger partial charge < -0.3 is 0 Å². The Labute approximate surface area is 84.2 Å². The van der Waals surface area contributed by atoms with Crippen LogP contribution in [0, 0.1) is 5.41 Å². The maximum atomic E-state index is 10.8. The first kappa shape index (κ1) is 12.5. The summed E-state index contributed by atoms with van der Waals surface area (Å²) in [6, 6.07) is 0. The fourth-order valence-corrected chi connectivity index (χ4v) is 2.02. The smallest absolute Gasteiger partial charge is 0.147 e. The van der Waals surface area contributed by atoms with Crippen molar-refractivity contribution >= 4 is 33.0 Å². The van der Waals surface area contributed by atoms with Crippen molar-refractivity contribution < 1.29 is 8.42 Å². The molecule has 0 rings (SSSR count). The van der Waals surface area contributed by atoms with Gasteiger partial charge in [0.25, 0.3) is 0 Å². The van der Waals surface area contributed by atoms with Crippen LogP contribution >= 0.6 is 23.2 Å². The Morgan fingerprint density at radius 2 is 1.67 bits per heavy atom. The number of sulfone groups is 1. The first-order valence-electron chi connectivity index (χ1n) is 3.63. The Morgan fingerprint density at radius 3 is 1.92 bits per heavy atom. The molecular formula is C7H14Cl2O2S. The molecule has 0 atom stereocenters. The van der Waals surface area contributed by atoms with Crippen molar-refractivity contribution in [1.29, 1.82) is 0 Å². The number of hydrogen-bond donors (Lipinski definition) is 0.